The number of thiocarbonyl (C=S) groups is 1. The van der Waals surface area contributed by atoms with Gasteiger partial charge in [0.2, 0.25) is 0 Å². The van der Waals surface area contributed by atoms with E-state index in [1.165, 1.54) is 10.9 Å². The molecular weight excluding hydrogens is 326 g/mol. The molecular formula is C12H16ClN7OS. The molecule has 0 fully saturated rings. The van der Waals surface area contributed by atoms with Crippen molar-refractivity contribution in [3.63, 3.8) is 0 Å². The maximum atomic E-state index is 12.0. The van der Waals surface area contributed by atoms with E-state index < -0.39 is 5.91 Å². The highest BCUT2D eigenvalue weighted by Crippen LogP contribution is 2.14. The van der Waals surface area contributed by atoms with Crippen LogP contribution in [-0.2, 0) is 13.6 Å². The summed E-state index contributed by atoms with van der Waals surface area (Å²) in [7, 11) is 1.62. The van der Waals surface area contributed by atoms with Gasteiger partial charge in [-0.1, -0.05) is 11.6 Å². The maximum Gasteiger partial charge on any atom is 0.289 e. The summed E-state index contributed by atoms with van der Waals surface area (Å²) >= 11 is 11.0. The Morgan fingerprint density at radius 2 is 2.09 bits per heavy atom. The van der Waals surface area contributed by atoms with E-state index in [-0.39, 0.29) is 15.8 Å². The zero-order valence-corrected chi connectivity index (χ0v) is 13.9. The SMILES string of the molecule is CCn1ncc(NC(=S)NNC(=O)c2c(Cl)cnn2C)c1C. The zero-order chi connectivity index (χ0) is 16.3. The predicted molar refractivity (Wildman–Crippen MR) is 87.7 cm³/mol. The highest BCUT2D eigenvalue weighted by molar-refractivity contribution is 7.80. The normalized spacial score (nSPS) is 10.4. The number of anilines is 1. The van der Waals surface area contributed by atoms with Gasteiger partial charge in [-0.25, -0.2) is 0 Å². The molecule has 0 radical (unpaired) electrons. The van der Waals surface area contributed by atoms with Crippen LogP contribution in [0.1, 0.15) is 23.1 Å². The topological polar surface area (TPSA) is 88.8 Å². The molecule has 0 unspecified atom stereocenters. The lowest BCUT2D eigenvalue weighted by Gasteiger charge is -2.11. The van der Waals surface area contributed by atoms with Crippen LogP contribution in [0, 0.1) is 6.92 Å². The number of rotatable bonds is 3. The van der Waals surface area contributed by atoms with Crippen LogP contribution in [0.5, 0.6) is 0 Å². The van der Waals surface area contributed by atoms with E-state index in [1.54, 1.807) is 13.2 Å². The molecule has 0 aromatic carbocycles. The number of hydrogen-bond donors (Lipinski definition) is 3. The van der Waals surface area contributed by atoms with Crippen LogP contribution in [0.25, 0.3) is 0 Å². The van der Waals surface area contributed by atoms with Crippen LogP contribution in [0.4, 0.5) is 5.69 Å². The quantitative estimate of drug-likeness (QED) is 0.575. The third-order valence-electron chi connectivity index (χ3n) is 3.05. The third kappa shape index (κ3) is 3.37. The number of aryl methyl sites for hydroxylation is 2. The van der Waals surface area contributed by atoms with E-state index in [0.29, 0.717) is 0 Å². The van der Waals surface area contributed by atoms with Crippen LogP contribution >= 0.6 is 23.8 Å². The minimum Gasteiger partial charge on any atom is -0.329 e. The van der Waals surface area contributed by atoms with Crippen molar-refractivity contribution in [1.82, 2.24) is 30.4 Å². The van der Waals surface area contributed by atoms with Crippen molar-refractivity contribution in [3.05, 3.63) is 28.8 Å². The van der Waals surface area contributed by atoms with Crippen LogP contribution in [0.2, 0.25) is 5.02 Å². The Hall–Kier alpha value is -2.13. The minimum atomic E-state index is -0.435. The molecule has 10 heteroatoms. The molecule has 118 valence electrons. The lowest BCUT2D eigenvalue weighted by molar-refractivity contribution is 0.0935. The summed E-state index contributed by atoms with van der Waals surface area (Å²) in [6.07, 6.45) is 3.07. The Kier molecular flexibility index (Phi) is 4.99. The van der Waals surface area contributed by atoms with Crippen LogP contribution in [0.15, 0.2) is 12.4 Å². The van der Waals surface area contributed by atoms with E-state index >= 15 is 0 Å². The van der Waals surface area contributed by atoms with Gasteiger partial charge in [0.1, 0.15) is 5.69 Å². The van der Waals surface area contributed by atoms with Crippen molar-refractivity contribution < 1.29 is 4.79 Å². The summed E-state index contributed by atoms with van der Waals surface area (Å²) in [4.78, 5) is 12.0. The largest absolute Gasteiger partial charge is 0.329 e. The second kappa shape index (κ2) is 6.75. The number of amides is 1. The lowest BCUT2D eigenvalue weighted by atomic mass is 10.4. The second-order valence-corrected chi connectivity index (χ2v) is 5.27. The molecule has 0 aliphatic rings. The van der Waals surface area contributed by atoms with Crippen molar-refractivity contribution in [2.45, 2.75) is 20.4 Å². The minimum absolute atomic E-state index is 0.241. The Balaban J connectivity index is 1.93. The molecule has 0 aliphatic heterocycles. The molecule has 0 saturated carbocycles. The molecule has 2 rings (SSSR count). The van der Waals surface area contributed by atoms with Crippen molar-refractivity contribution >= 4 is 40.5 Å². The highest BCUT2D eigenvalue weighted by Gasteiger charge is 2.15. The fourth-order valence-corrected chi connectivity index (χ4v) is 2.29. The second-order valence-electron chi connectivity index (χ2n) is 4.46. The Bertz CT molecular complexity index is 689. The molecule has 1 amide bonds. The van der Waals surface area contributed by atoms with Gasteiger partial charge in [-0.05, 0) is 26.1 Å². The van der Waals surface area contributed by atoms with Crippen molar-refractivity contribution in [1.29, 1.82) is 0 Å². The number of carbonyl (C=O) groups excluding carboxylic acids is 1. The molecule has 2 aromatic heterocycles. The standard InChI is InChI=1S/C12H16ClN7OS/c1-4-20-7(2)9(6-15-20)16-12(22)18-17-11(21)10-8(13)5-14-19(10)3/h5-6H,4H2,1-3H3,(H,17,21)(H2,16,18,22). The van der Waals surface area contributed by atoms with Crippen LogP contribution < -0.4 is 16.2 Å². The molecule has 8 nitrogen and oxygen atoms in total. The molecule has 22 heavy (non-hydrogen) atoms. The first-order valence-corrected chi connectivity index (χ1v) is 7.29. The number of aromatic nitrogens is 4. The highest BCUT2D eigenvalue weighted by atomic mass is 35.5. The lowest BCUT2D eigenvalue weighted by Crippen LogP contribution is -2.44. The van der Waals surface area contributed by atoms with Gasteiger partial charge in [0.15, 0.2) is 5.11 Å². The van der Waals surface area contributed by atoms with Crippen LogP contribution in [-0.4, -0.2) is 30.6 Å². The Morgan fingerprint density at radius 1 is 1.36 bits per heavy atom. The fourth-order valence-electron chi connectivity index (χ4n) is 1.88. The van der Waals surface area contributed by atoms with E-state index in [2.05, 4.69) is 26.4 Å². The average molecular weight is 342 g/mol. The fraction of sp³-hybridized carbons (Fsp3) is 0.333. The Labute approximate surface area is 137 Å². The zero-order valence-electron chi connectivity index (χ0n) is 12.3. The summed E-state index contributed by atoms with van der Waals surface area (Å²) < 4.78 is 3.21. The molecule has 0 aliphatic carbocycles. The molecule has 2 heterocycles. The van der Waals surface area contributed by atoms with Gasteiger partial charge >= 0.3 is 0 Å². The number of nitrogens with one attached hydrogen (secondary N) is 3. The number of carbonyl (C=O) groups is 1. The van der Waals surface area contributed by atoms with Crippen LogP contribution in [0.3, 0.4) is 0 Å². The number of halogens is 1. The van der Waals surface area contributed by atoms with Gasteiger partial charge in [-0.2, -0.15) is 10.2 Å². The monoisotopic (exact) mass is 341 g/mol. The first kappa shape index (κ1) is 16.2. The third-order valence-corrected chi connectivity index (χ3v) is 3.53. The van der Waals surface area contributed by atoms with Gasteiger partial charge in [0.25, 0.3) is 5.91 Å². The van der Waals surface area contributed by atoms with Gasteiger partial charge in [-0.15, -0.1) is 0 Å². The van der Waals surface area contributed by atoms with E-state index in [9.17, 15) is 4.79 Å². The van der Waals surface area contributed by atoms with Crippen molar-refractivity contribution in [2.75, 3.05) is 5.32 Å². The van der Waals surface area contributed by atoms with Gasteiger partial charge in [-0.3, -0.25) is 25.0 Å². The molecule has 0 saturated heterocycles. The van der Waals surface area contributed by atoms with Gasteiger partial charge in [0, 0.05) is 13.6 Å². The van der Waals surface area contributed by atoms with Crippen molar-refractivity contribution in [2.24, 2.45) is 7.05 Å². The average Bonchev–Trinajstić information content (AvgIpc) is 3.00. The summed E-state index contributed by atoms with van der Waals surface area (Å²) in [5, 5.41) is 11.6. The van der Waals surface area contributed by atoms with E-state index in [1.807, 2.05) is 18.5 Å². The summed E-state index contributed by atoms with van der Waals surface area (Å²) in [6, 6.07) is 0. The molecule has 3 N–H and O–H groups in total. The van der Waals surface area contributed by atoms with Crippen molar-refractivity contribution in [3.8, 4) is 0 Å². The van der Waals surface area contributed by atoms with Gasteiger partial charge in [0.05, 0.1) is 28.8 Å². The maximum absolute atomic E-state index is 12.0. The molecule has 0 atom stereocenters. The van der Waals surface area contributed by atoms with E-state index in [0.717, 1.165) is 17.9 Å². The number of nitrogens with zero attached hydrogens (tertiary/aromatic N) is 4. The smallest absolute Gasteiger partial charge is 0.289 e. The van der Waals surface area contributed by atoms with Gasteiger partial charge < -0.3 is 5.32 Å². The summed E-state index contributed by atoms with van der Waals surface area (Å²) in [5.41, 5.74) is 7.04. The number of hydrogen-bond acceptors (Lipinski definition) is 4. The molecule has 0 bridgehead atoms. The summed E-state index contributed by atoms with van der Waals surface area (Å²) in [6.45, 7) is 4.69. The molecule has 2 aromatic rings. The first-order valence-electron chi connectivity index (χ1n) is 6.51. The Morgan fingerprint density at radius 3 is 2.64 bits per heavy atom. The predicted octanol–water partition coefficient (Wildman–Crippen LogP) is 1.23. The van der Waals surface area contributed by atoms with E-state index in [4.69, 9.17) is 23.8 Å². The first-order chi connectivity index (χ1) is 10.4. The number of hydrazine groups is 1. The summed E-state index contributed by atoms with van der Waals surface area (Å²) in [5.74, 6) is -0.435. The molecule has 0 spiro atoms.